The molecule has 1 saturated heterocycles. The summed E-state index contributed by atoms with van der Waals surface area (Å²) in [6, 6.07) is 8.79. The number of hydrogen-bond donors (Lipinski definition) is 2. The number of amides is 1. The summed E-state index contributed by atoms with van der Waals surface area (Å²) in [5.41, 5.74) is 1.26. The maximum absolute atomic E-state index is 12.9. The largest absolute Gasteiger partial charge is 0.381 e. The zero-order valence-corrected chi connectivity index (χ0v) is 15.4. The van der Waals surface area contributed by atoms with E-state index in [4.69, 9.17) is 4.74 Å². The Balaban J connectivity index is 1.65. The number of carbonyl (C=O) groups excluding carboxylic acids is 1. The van der Waals surface area contributed by atoms with E-state index in [9.17, 15) is 4.79 Å². The van der Waals surface area contributed by atoms with Crippen molar-refractivity contribution in [2.75, 3.05) is 19.0 Å². The number of carbonyl (C=O) groups is 1. The summed E-state index contributed by atoms with van der Waals surface area (Å²) in [7, 11) is 0. The van der Waals surface area contributed by atoms with Crippen LogP contribution in [-0.4, -0.2) is 37.0 Å². The lowest BCUT2D eigenvalue weighted by Gasteiger charge is -2.32. The lowest BCUT2D eigenvalue weighted by atomic mass is 9.98. The molecule has 0 aromatic heterocycles. The molecule has 1 aromatic carbocycles. The Morgan fingerprint density at radius 2 is 1.96 bits per heavy atom. The molecule has 0 saturated carbocycles. The number of ether oxygens (including phenoxy) is 1. The maximum atomic E-state index is 12.9. The van der Waals surface area contributed by atoms with Crippen molar-refractivity contribution >= 4 is 17.7 Å². The molecule has 0 unspecified atom stereocenters. The van der Waals surface area contributed by atoms with Gasteiger partial charge in [0.1, 0.15) is 0 Å². The summed E-state index contributed by atoms with van der Waals surface area (Å²) < 4.78 is 5.42. The van der Waals surface area contributed by atoms with Crippen molar-refractivity contribution in [2.45, 2.75) is 56.1 Å². The highest BCUT2D eigenvalue weighted by molar-refractivity contribution is 7.99. The van der Waals surface area contributed by atoms with Gasteiger partial charge in [0.15, 0.2) is 0 Å². The van der Waals surface area contributed by atoms with Crippen molar-refractivity contribution in [1.29, 1.82) is 0 Å². The second-order valence-corrected chi connectivity index (χ2v) is 8.15. The van der Waals surface area contributed by atoms with Crippen LogP contribution in [0.15, 0.2) is 29.2 Å². The van der Waals surface area contributed by atoms with Crippen molar-refractivity contribution in [3.8, 4) is 0 Å². The van der Waals surface area contributed by atoms with Crippen LogP contribution in [0.3, 0.4) is 0 Å². The zero-order chi connectivity index (χ0) is 16.9. The van der Waals surface area contributed by atoms with Gasteiger partial charge in [-0.25, -0.2) is 0 Å². The first-order chi connectivity index (χ1) is 11.6. The fourth-order valence-corrected chi connectivity index (χ4v) is 4.57. The van der Waals surface area contributed by atoms with E-state index in [2.05, 4.69) is 48.7 Å². The molecular formula is C19H28N2O2S. The Kier molecular flexibility index (Phi) is 6.19. The van der Waals surface area contributed by atoms with Crippen LogP contribution < -0.4 is 10.6 Å². The Morgan fingerprint density at radius 1 is 1.21 bits per heavy atom. The van der Waals surface area contributed by atoms with Crippen LogP contribution in [0, 0.1) is 5.92 Å². The van der Waals surface area contributed by atoms with E-state index in [1.54, 1.807) is 0 Å². The summed E-state index contributed by atoms with van der Waals surface area (Å²) in [5, 5.41) is 6.87. The number of benzene rings is 1. The van der Waals surface area contributed by atoms with Gasteiger partial charge in [0, 0.05) is 29.9 Å². The molecule has 5 heteroatoms. The molecule has 132 valence electrons. The monoisotopic (exact) mass is 348 g/mol. The van der Waals surface area contributed by atoms with E-state index in [-0.39, 0.29) is 23.9 Å². The molecular weight excluding hydrogens is 320 g/mol. The van der Waals surface area contributed by atoms with Crippen molar-refractivity contribution in [2.24, 2.45) is 5.92 Å². The number of thioether (sulfide) groups is 1. The van der Waals surface area contributed by atoms with Crippen LogP contribution in [0.2, 0.25) is 0 Å². The van der Waals surface area contributed by atoms with Gasteiger partial charge in [0.05, 0.1) is 12.1 Å². The molecule has 2 N–H and O–H groups in total. The average Bonchev–Trinajstić information content (AvgIpc) is 2.60. The summed E-state index contributed by atoms with van der Waals surface area (Å²) in [6.07, 6.45) is 2.97. The van der Waals surface area contributed by atoms with Crippen molar-refractivity contribution in [3.63, 3.8) is 0 Å². The first-order valence-electron chi connectivity index (χ1n) is 9.01. The van der Waals surface area contributed by atoms with E-state index in [1.807, 2.05) is 11.8 Å². The van der Waals surface area contributed by atoms with Crippen LogP contribution in [0.25, 0.3) is 0 Å². The second-order valence-electron chi connectivity index (χ2n) is 7.01. The van der Waals surface area contributed by atoms with Crippen LogP contribution in [0.4, 0.5) is 0 Å². The highest BCUT2D eigenvalue weighted by Crippen LogP contribution is 2.35. The van der Waals surface area contributed by atoms with Crippen LogP contribution in [-0.2, 0) is 9.53 Å². The minimum Gasteiger partial charge on any atom is -0.381 e. The maximum Gasteiger partial charge on any atom is 0.237 e. The smallest absolute Gasteiger partial charge is 0.237 e. The van der Waals surface area contributed by atoms with E-state index in [0.29, 0.717) is 6.04 Å². The number of fused-ring (bicyclic) bond motifs is 1. The molecule has 4 nitrogen and oxygen atoms in total. The van der Waals surface area contributed by atoms with Crippen LogP contribution in [0.1, 0.15) is 44.7 Å². The Hall–Kier alpha value is -1.04. The lowest BCUT2D eigenvalue weighted by molar-refractivity contribution is -0.125. The number of hydrogen-bond acceptors (Lipinski definition) is 4. The van der Waals surface area contributed by atoms with E-state index in [0.717, 1.165) is 38.2 Å². The molecule has 1 fully saturated rings. The predicted octanol–water partition coefficient (Wildman–Crippen LogP) is 3.13. The van der Waals surface area contributed by atoms with Crippen molar-refractivity contribution < 1.29 is 9.53 Å². The fraction of sp³-hybridized carbons (Fsp3) is 0.632. The Labute approximate surface area is 149 Å². The lowest BCUT2D eigenvalue weighted by Crippen LogP contribution is -2.53. The average molecular weight is 349 g/mol. The molecule has 2 atom stereocenters. The Bertz CT molecular complexity index is 558. The molecule has 3 rings (SSSR count). The minimum absolute atomic E-state index is 0.128. The normalized spacial score (nSPS) is 22.9. The molecule has 1 aromatic rings. The highest BCUT2D eigenvalue weighted by Gasteiger charge is 2.29. The Morgan fingerprint density at radius 3 is 2.71 bits per heavy atom. The zero-order valence-electron chi connectivity index (χ0n) is 14.6. The second kappa shape index (κ2) is 8.37. The molecule has 1 amide bonds. The third-order valence-electron chi connectivity index (χ3n) is 4.86. The van der Waals surface area contributed by atoms with Gasteiger partial charge in [-0.2, -0.15) is 0 Å². The summed E-state index contributed by atoms with van der Waals surface area (Å²) in [5.74, 6) is 1.45. The van der Waals surface area contributed by atoms with Crippen LogP contribution >= 0.6 is 11.8 Å². The van der Waals surface area contributed by atoms with Gasteiger partial charge in [-0.3, -0.25) is 4.79 Å². The van der Waals surface area contributed by atoms with Gasteiger partial charge in [-0.15, -0.1) is 11.8 Å². The molecule has 0 radical (unpaired) electrons. The van der Waals surface area contributed by atoms with Crippen molar-refractivity contribution in [3.05, 3.63) is 29.8 Å². The van der Waals surface area contributed by atoms with Gasteiger partial charge in [0.25, 0.3) is 0 Å². The van der Waals surface area contributed by atoms with Gasteiger partial charge in [-0.1, -0.05) is 32.0 Å². The minimum atomic E-state index is -0.144. The van der Waals surface area contributed by atoms with Gasteiger partial charge < -0.3 is 15.4 Å². The number of rotatable bonds is 5. The number of nitrogens with one attached hydrogen (secondary N) is 2. The van der Waals surface area contributed by atoms with E-state index in [1.165, 1.54) is 10.5 Å². The molecule has 2 aliphatic rings. The molecule has 2 heterocycles. The summed E-state index contributed by atoms with van der Waals surface area (Å²) in [4.78, 5) is 14.2. The summed E-state index contributed by atoms with van der Waals surface area (Å²) >= 11 is 1.88. The topological polar surface area (TPSA) is 50.4 Å². The molecule has 0 aliphatic carbocycles. The first-order valence-corrected chi connectivity index (χ1v) is 9.99. The first kappa shape index (κ1) is 17.8. The van der Waals surface area contributed by atoms with Gasteiger partial charge >= 0.3 is 0 Å². The van der Waals surface area contributed by atoms with Gasteiger partial charge in [0.2, 0.25) is 5.91 Å². The highest BCUT2D eigenvalue weighted by atomic mass is 32.2. The third-order valence-corrected chi connectivity index (χ3v) is 5.98. The third kappa shape index (κ3) is 4.32. The van der Waals surface area contributed by atoms with E-state index < -0.39 is 0 Å². The molecule has 0 spiro atoms. The standard InChI is InChI=1S/C19H28N2O2S/c1-13(2)18(20-14-7-10-23-11-8-14)19(22)21-16-9-12-24-17-6-4-3-5-15(16)17/h3-6,13-14,16,18,20H,7-12H2,1-2H3,(H,21,22)/t16-,18-/m1/s1. The molecule has 2 aliphatic heterocycles. The van der Waals surface area contributed by atoms with Crippen LogP contribution in [0.5, 0.6) is 0 Å². The molecule has 24 heavy (non-hydrogen) atoms. The fourth-order valence-electron chi connectivity index (χ4n) is 3.44. The summed E-state index contributed by atoms with van der Waals surface area (Å²) in [6.45, 7) is 5.80. The SMILES string of the molecule is CC(C)[C@@H](NC1CCOCC1)C(=O)N[C@@H]1CCSc2ccccc21. The van der Waals surface area contributed by atoms with Gasteiger partial charge in [-0.05, 0) is 36.8 Å². The molecule has 0 bridgehead atoms. The quantitative estimate of drug-likeness (QED) is 0.858. The van der Waals surface area contributed by atoms with E-state index >= 15 is 0 Å². The van der Waals surface area contributed by atoms with Crippen molar-refractivity contribution in [1.82, 2.24) is 10.6 Å². The predicted molar refractivity (Wildman–Crippen MR) is 98.3 cm³/mol.